The van der Waals surface area contributed by atoms with Gasteiger partial charge in [-0.25, -0.2) is 4.79 Å². The number of carbonyl (C=O) groups is 1. The number of hydrogen-bond acceptors (Lipinski definition) is 3. The Kier molecular flexibility index (Phi) is 4.61. The van der Waals surface area contributed by atoms with E-state index in [1.165, 1.54) is 36.4 Å². The lowest BCUT2D eigenvalue weighted by atomic mass is 10.1. The van der Waals surface area contributed by atoms with Crippen molar-refractivity contribution in [3.8, 4) is 5.75 Å². The van der Waals surface area contributed by atoms with Crippen LogP contribution in [-0.4, -0.2) is 22.0 Å². The number of nitrogens with zero attached hydrogens (tertiary/aromatic N) is 1. The Bertz CT molecular complexity index is 1090. The second-order valence-electron chi connectivity index (χ2n) is 5.60. The minimum absolute atomic E-state index is 0.0148. The number of halogens is 4. The van der Waals surface area contributed by atoms with Gasteiger partial charge in [-0.3, -0.25) is 4.79 Å². The highest BCUT2D eigenvalue weighted by molar-refractivity contribution is 5.92. The molecule has 0 saturated carbocycles. The van der Waals surface area contributed by atoms with Gasteiger partial charge >= 0.3 is 12.3 Å². The highest BCUT2D eigenvalue weighted by Gasteiger charge is 2.31. The maximum atomic E-state index is 14.7. The third-order valence-electron chi connectivity index (χ3n) is 3.80. The lowest BCUT2D eigenvalue weighted by molar-refractivity contribution is -0.274. The first kappa shape index (κ1) is 18.4. The highest BCUT2D eigenvalue weighted by Crippen LogP contribution is 2.24. The summed E-state index contributed by atoms with van der Waals surface area (Å²) in [5, 5.41) is 9.16. The van der Waals surface area contributed by atoms with Crippen molar-refractivity contribution in [2.24, 2.45) is 0 Å². The third-order valence-corrected chi connectivity index (χ3v) is 3.80. The molecule has 9 heteroatoms. The number of benzene rings is 2. The number of aromatic carboxylic acids is 1. The second-order valence-corrected chi connectivity index (χ2v) is 5.60. The fourth-order valence-electron chi connectivity index (χ4n) is 2.73. The number of alkyl halides is 3. The van der Waals surface area contributed by atoms with E-state index in [1.807, 2.05) is 0 Å². The Hall–Kier alpha value is -3.36. The van der Waals surface area contributed by atoms with E-state index >= 15 is 0 Å². The second kappa shape index (κ2) is 6.75. The molecule has 0 fully saturated rings. The predicted molar refractivity (Wildman–Crippen MR) is 87.4 cm³/mol. The van der Waals surface area contributed by atoms with Gasteiger partial charge in [-0.05, 0) is 29.8 Å². The number of rotatable bonds is 4. The molecule has 140 valence electrons. The van der Waals surface area contributed by atoms with Gasteiger partial charge in [-0.15, -0.1) is 13.2 Å². The summed E-state index contributed by atoms with van der Waals surface area (Å²) < 4.78 is 56.6. The maximum Gasteiger partial charge on any atom is 0.573 e. The first-order valence-electron chi connectivity index (χ1n) is 7.56. The largest absolute Gasteiger partial charge is 0.573 e. The van der Waals surface area contributed by atoms with Crippen LogP contribution in [0.4, 0.5) is 17.6 Å². The van der Waals surface area contributed by atoms with E-state index < -0.39 is 35.0 Å². The van der Waals surface area contributed by atoms with Crippen molar-refractivity contribution >= 4 is 16.9 Å². The van der Waals surface area contributed by atoms with Gasteiger partial charge in [0.1, 0.15) is 5.75 Å². The molecule has 0 spiro atoms. The molecule has 0 aliphatic rings. The number of fused-ring (bicyclic) bond motifs is 1. The summed E-state index contributed by atoms with van der Waals surface area (Å²) in [5.41, 5.74) is -1.66. The van der Waals surface area contributed by atoms with Crippen LogP contribution in [0.3, 0.4) is 0 Å². The lowest BCUT2D eigenvalue weighted by Crippen LogP contribution is -2.24. The standard InChI is InChI=1S/C18H11F4NO4/c19-16-14(17(25)26)15(24)12-6-1-2-7-13(12)23(16)9-10-4-3-5-11(8-10)27-18(20,21)22/h1-8H,9H2,(H,25,26). The molecule has 27 heavy (non-hydrogen) atoms. The van der Waals surface area contributed by atoms with E-state index in [0.29, 0.717) is 0 Å². The summed E-state index contributed by atoms with van der Waals surface area (Å²) in [6.45, 7) is -0.304. The van der Waals surface area contributed by atoms with Gasteiger partial charge in [0, 0.05) is 5.39 Å². The number of pyridine rings is 1. The molecule has 0 aliphatic heterocycles. The summed E-state index contributed by atoms with van der Waals surface area (Å²) in [6, 6.07) is 10.6. The molecule has 0 bridgehead atoms. The van der Waals surface area contributed by atoms with Crippen molar-refractivity contribution in [3.05, 3.63) is 75.8 Å². The van der Waals surface area contributed by atoms with Gasteiger partial charge in [0.15, 0.2) is 5.56 Å². The summed E-state index contributed by atoms with van der Waals surface area (Å²) in [6.07, 6.45) is -4.88. The molecule has 5 nitrogen and oxygen atoms in total. The fourth-order valence-corrected chi connectivity index (χ4v) is 2.73. The van der Waals surface area contributed by atoms with E-state index in [4.69, 9.17) is 5.11 Å². The summed E-state index contributed by atoms with van der Waals surface area (Å²) >= 11 is 0. The Morgan fingerprint density at radius 1 is 1.11 bits per heavy atom. The molecule has 3 rings (SSSR count). The van der Waals surface area contributed by atoms with E-state index in [0.717, 1.165) is 16.7 Å². The van der Waals surface area contributed by atoms with Crippen LogP contribution in [0.25, 0.3) is 10.9 Å². The van der Waals surface area contributed by atoms with Crippen molar-refractivity contribution in [2.45, 2.75) is 12.9 Å². The zero-order valence-corrected chi connectivity index (χ0v) is 13.5. The number of para-hydroxylation sites is 1. The van der Waals surface area contributed by atoms with Crippen molar-refractivity contribution < 1.29 is 32.2 Å². The van der Waals surface area contributed by atoms with Crippen molar-refractivity contribution in [1.82, 2.24) is 4.57 Å². The van der Waals surface area contributed by atoms with Crippen LogP contribution < -0.4 is 10.2 Å². The van der Waals surface area contributed by atoms with Crippen LogP contribution >= 0.6 is 0 Å². The van der Waals surface area contributed by atoms with Crippen molar-refractivity contribution in [1.29, 1.82) is 0 Å². The van der Waals surface area contributed by atoms with Crippen LogP contribution in [0.1, 0.15) is 15.9 Å². The number of carboxylic acids is 1. The van der Waals surface area contributed by atoms with Gasteiger partial charge in [0.25, 0.3) is 0 Å². The normalized spacial score (nSPS) is 11.6. The molecular formula is C18H11F4NO4. The average Bonchev–Trinajstić information content (AvgIpc) is 2.57. The lowest BCUT2D eigenvalue weighted by Gasteiger charge is -2.15. The summed E-state index contributed by atoms with van der Waals surface area (Å²) in [5.74, 6) is -3.51. The van der Waals surface area contributed by atoms with Gasteiger partial charge in [0.2, 0.25) is 11.4 Å². The Morgan fingerprint density at radius 2 is 1.81 bits per heavy atom. The molecule has 1 heterocycles. The quantitative estimate of drug-likeness (QED) is 0.552. The maximum absolute atomic E-state index is 14.7. The summed E-state index contributed by atoms with van der Waals surface area (Å²) in [4.78, 5) is 23.5. The number of aromatic nitrogens is 1. The van der Waals surface area contributed by atoms with Crippen LogP contribution in [0.2, 0.25) is 0 Å². The minimum Gasteiger partial charge on any atom is -0.477 e. The smallest absolute Gasteiger partial charge is 0.477 e. The Balaban J connectivity index is 2.14. The molecule has 0 amide bonds. The third kappa shape index (κ3) is 3.76. The SMILES string of the molecule is O=C(O)c1c(F)n(Cc2cccc(OC(F)(F)F)c2)c2ccccc2c1=O. The van der Waals surface area contributed by atoms with Gasteiger partial charge in [-0.1, -0.05) is 24.3 Å². The molecule has 3 aromatic rings. The highest BCUT2D eigenvalue weighted by atomic mass is 19.4. The van der Waals surface area contributed by atoms with Gasteiger partial charge in [0.05, 0.1) is 12.1 Å². The van der Waals surface area contributed by atoms with E-state index in [9.17, 15) is 27.2 Å². The van der Waals surface area contributed by atoms with Gasteiger partial charge < -0.3 is 14.4 Å². The number of hydrogen-bond donors (Lipinski definition) is 1. The fraction of sp³-hybridized carbons (Fsp3) is 0.111. The minimum atomic E-state index is -4.88. The van der Waals surface area contributed by atoms with E-state index in [1.54, 1.807) is 0 Å². The van der Waals surface area contributed by atoms with Crippen LogP contribution in [0.15, 0.2) is 53.3 Å². The first-order valence-corrected chi connectivity index (χ1v) is 7.56. The van der Waals surface area contributed by atoms with Crippen molar-refractivity contribution in [2.75, 3.05) is 0 Å². The molecular weight excluding hydrogens is 370 g/mol. The van der Waals surface area contributed by atoms with Crippen LogP contribution in [0.5, 0.6) is 5.75 Å². The van der Waals surface area contributed by atoms with Crippen molar-refractivity contribution in [3.63, 3.8) is 0 Å². The molecule has 0 radical (unpaired) electrons. The monoisotopic (exact) mass is 381 g/mol. The van der Waals surface area contributed by atoms with Crippen LogP contribution in [-0.2, 0) is 6.54 Å². The Morgan fingerprint density at radius 3 is 2.48 bits per heavy atom. The number of ether oxygens (including phenoxy) is 1. The molecule has 0 saturated heterocycles. The first-order chi connectivity index (χ1) is 12.7. The van der Waals surface area contributed by atoms with Gasteiger partial charge in [-0.2, -0.15) is 4.39 Å². The zero-order chi connectivity index (χ0) is 19.8. The predicted octanol–water partition coefficient (Wildman–Crippen LogP) is 3.79. The molecule has 1 aromatic heterocycles. The Labute approximate surface area is 149 Å². The number of carboxylic acid groups (broad SMARTS) is 1. The average molecular weight is 381 g/mol. The van der Waals surface area contributed by atoms with Crippen LogP contribution in [0, 0.1) is 5.95 Å². The molecule has 0 unspecified atom stereocenters. The topological polar surface area (TPSA) is 68.5 Å². The van der Waals surface area contributed by atoms with E-state index in [-0.39, 0.29) is 23.0 Å². The van der Waals surface area contributed by atoms with E-state index in [2.05, 4.69) is 4.74 Å². The molecule has 2 aromatic carbocycles. The molecule has 0 atom stereocenters. The zero-order valence-electron chi connectivity index (χ0n) is 13.5. The summed E-state index contributed by atoms with van der Waals surface area (Å²) in [7, 11) is 0. The molecule has 0 aliphatic carbocycles. The molecule has 1 N–H and O–H groups in total.